The largest absolute Gasteiger partial charge is 0.309 e. The van der Waals surface area contributed by atoms with E-state index in [1.807, 2.05) is 18.2 Å². The van der Waals surface area contributed by atoms with Crippen molar-refractivity contribution in [1.29, 1.82) is 0 Å². The van der Waals surface area contributed by atoms with Crippen molar-refractivity contribution < 1.29 is 4.79 Å². The van der Waals surface area contributed by atoms with E-state index in [-0.39, 0.29) is 6.04 Å². The number of hydrogen-bond acceptors (Lipinski definition) is 2. The SMILES string of the molecule is O=C1CCNC(c2ccccc2)C1. The lowest BCUT2D eigenvalue weighted by molar-refractivity contribution is -0.120. The van der Waals surface area contributed by atoms with Crippen LogP contribution < -0.4 is 5.32 Å². The Morgan fingerprint density at radius 3 is 2.69 bits per heavy atom. The molecule has 0 aliphatic carbocycles. The predicted octanol–water partition coefficient (Wildman–Crippen LogP) is 1.68. The highest BCUT2D eigenvalue weighted by molar-refractivity contribution is 5.80. The number of carbonyl (C=O) groups is 1. The maximum absolute atomic E-state index is 11.2. The number of Topliss-reactive ketones (excluding diaryl/α,β-unsaturated/α-hetero) is 1. The first-order valence-corrected chi connectivity index (χ1v) is 4.66. The van der Waals surface area contributed by atoms with Crippen molar-refractivity contribution in [2.24, 2.45) is 0 Å². The van der Waals surface area contributed by atoms with E-state index in [4.69, 9.17) is 0 Å². The van der Waals surface area contributed by atoms with E-state index in [1.165, 1.54) is 5.56 Å². The lowest BCUT2D eigenvalue weighted by Crippen LogP contribution is -2.31. The predicted molar refractivity (Wildman–Crippen MR) is 51.4 cm³/mol. The van der Waals surface area contributed by atoms with Gasteiger partial charge in [0, 0.05) is 25.4 Å². The van der Waals surface area contributed by atoms with Gasteiger partial charge in [-0.15, -0.1) is 0 Å². The van der Waals surface area contributed by atoms with E-state index in [2.05, 4.69) is 17.4 Å². The highest BCUT2D eigenvalue weighted by Gasteiger charge is 2.19. The summed E-state index contributed by atoms with van der Waals surface area (Å²) >= 11 is 0. The Bertz CT molecular complexity index is 294. The van der Waals surface area contributed by atoms with Gasteiger partial charge in [-0.3, -0.25) is 4.79 Å². The van der Waals surface area contributed by atoms with E-state index < -0.39 is 0 Å². The van der Waals surface area contributed by atoms with Gasteiger partial charge in [0.1, 0.15) is 5.78 Å². The molecule has 2 nitrogen and oxygen atoms in total. The monoisotopic (exact) mass is 175 g/mol. The van der Waals surface area contributed by atoms with E-state index in [9.17, 15) is 4.79 Å². The Morgan fingerprint density at radius 2 is 2.00 bits per heavy atom. The summed E-state index contributed by atoms with van der Waals surface area (Å²) in [5.74, 6) is 0.368. The molecule has 0 radical (unpaired) electrons. The zero-order chi connectivity index (χ0) is 9.10. The topological polar surface area (TPSA) is 29.1 Å². The highest BCUT2D eigenvalue weighted by Crippen LogP contribution is 2.20. The van der Waals surface area contributed by atoms with Crippen LogP contribution in [-0.2, 0) is 4.79 Å². The zero-order valence-corrected chi connectivity index (χ0v) is 7.49. The first kappa shape index (κ1) is 8.45. The minimum atomic E-state index is 0.238. The molecule has 2 rings (SSSR count). The van der Waals surface area contributed by atoms with Gasteiger partial charge in [-0.1, -0.05) is 30.3 Å². The van der Waals surface area contributed by atoms with Gasteiger partial charge in [-0.2, -0.15) is 0 Å². The number of benzene rings is 1. The molecule has 1 aliphatic rings. The maximum Gasteiger partial charge on any atom is 0.136 e. The van der Waals surface area contributed by atoms with Crippen molar-refractivity contribution in [2.45, 2.75) is 18.9 Å². The van der Waals surface area contributed by atoms with Crippen LogP contribution in [-0.4, -0.2) is 12.3 Å². The van der Waals surface area contributed by atoms with Gasteiger partial charge in [-0.05, 0) is 5.56 Å². The van der Waals surface area contributed by atoms with Crippen LogP contribution >= 0.6 is 0 Å². The van der Waals surface area contributed by atoms with Gasteiger partial charge in [0.2, 0.25) is 0 Å². The molecule has 1 aromatic carbocycles. The van der Waals surface area contributed by atoms with Crippen LogP contribution in [0.25, 0.3) is 0 Å². The molecule has 1 atom stereocenters. The molecule has 68 valence electrons. The summed E-state index contributed by atoms with van der Waals surface area (Å²) in [6, 6.07) is 10.4. The number of hydrogen-bond donors (Lipinski definition) is 1. The lowest BCUT2D eigenvalue weighted by Gasteiger charge is -2.22. The Kier molecular flexibility index (Phi) is 2.41. The van der Waals surface area contributed by atoms with Crippen molar-refractivity contribution in [1.82, 2.24) is 5.32 Å². The van der Waals surface area contributed by atoms with Gasteiger partial charge in [0.15, 0.2) is 0 Å². The van der Waals surface area contributed by atoms with Crippen LogP contribution in [0.15, 0.2) is 30.3 Å². The molecule has 2 heteroatoms. The highest BCUT2D eigenvalue weighted by atomic mass is 16.1. The molecule has 1 N–H and O–H groups in total. The van der Waals surface area contributed by atoms with Gasteiger partial charge >= 0.3 is 0 Å². The Labute approximate surface area is 78.0 Å². The standard InChI is InChI=1S/C11H13NO/c13-10-6-7-12-11(8-10)9-4-2-1-3-5-9/h1-5,11-12H,6-8H2. The number of nitrogens with one attached hydrogen (secondary N) is 1. The van der Waals surface area contributed by atoms with Gasteiger partial charge in [0.25, 0.3) is 0 Å². The van der Waals surface area contributed by atoms with Crippen molar-refractivity contribution in [3.63, 3.8) is 0 Å². The molecule has 0 saturated carbocycles. The third kappa shape index (κ3) is 1.95. The second-order valence-electron chi connectivity index (χ2n) is 3.41. The number of ketones is 1. The Morgan fingerprint density at radius 1 is 1.23 bits per heavy atom. The van der Waals surface area contributed by atoms with E-state index in [0.29, 0.717) is 18.6 Å². The normalized spacial score (nSPS) is 23.1. The molecule has 1 aliphatic heterocycles. The minimum absolute atomic E-state index is 0.238. The fourth-order valence-electron chi connectivity index (χ4n) is 1.71. The van der Waals surface area contributed by atoms with Crippen molar-refractivity contribution >= 4 is 5.78 Å². The van der Waals surface area contributed by atoms with Gasteiger partial charge in [0.05, 0.1) is 0 Å². The molecule has 0 bridgehead atoms. The summed E-state index contributed by atoms with van der Waals surface area (Å²) in [4.78, 5) is 11.2. The maximum atomic E-state index is 11.2. The van der Waals surface area contributed by atoms with Crippen LogP contribution in [0.5, 0.6) is 0 Å². The van der Waals surface area contributed by atoms with Crippen LogP contribution in [0.2, 0.25) is 0 Å². The molecule has 1 saturated heterocycles. The fourth-order valence-corrected chi connectivity index (χ4v) is 1.71. The summed E-state index contributed by atoms with van der Waals surface area (Å²) in [5.41, 5.74) is 1.22. The second-order valence-corrected chi connectivity index (χ2v) is 3.41. The molecule has 1 heterocycles. The molecule has 0 amide bonds. The van der Waals surface area contributed by atoms with E-state index >= 15 is 0 Å². The van der Waals surface area contributed by atoms with Gasteiger partial charge in [-0.25, -0.2) is 0 Å². The van der Waals surface area contributed by atoms with Crippen LogP contribution in [0.4, 0.5) is 0 Å². The number of piperidine rings is 1. The number of rotatable bonds is 1. The molecule has 1 aromatic rings. The quantitative estimate of drug-likeness (QED) is 0.703. The molecule has 0 spiro atoms. The van der Waals surface area contributed by atoms with Crippen LogP contribution in [0, 0.1) is 0 Å². The van der Waals surface area contributed by atoms with E-state index in [0.717, 1.165) is 6.54 Å². The minimum Gasteiger partial charge on any atom is -0.309 e. The zero-order valence-electron chi connectivity index (χ0n) is 7.49. The molecule has 13 heavy (non-hydrogen) atoms. The summed E-state index contributed by atoms with van der Waals surface area (Å²) in [6.45, 7) is 0.818. The smallest absolute Gasteiger partial charge is 0.136 e. The third-order valence-corrected chi connectivity index (χ3v) is 2.43. The van der Waals surface area contributed by atoms with Gasteiger partial charge < -0.3 is 5.32 Å². The van der Waals surface area contributed by atoms with Crippen molar-refractivity contribution in [3.05, 3.63) is 35.9 Å². The summed E-state index contributed by atoms with van der Waals surface area (Å²) in [6.07, 6.45) is 1.33. The molecular formula is C11H13NO. The first-order valence-electron chi connectivity index (χ1n) is 4.66. The van der Waals surface area contributed by atoms with Crippen molar-refractivity contribution in [2.75, 3.05) is 6.54 Å². The van der Waals surface area contributed by atoms with Crippen LogP contribution in [0.1, 0.15) is 24.4 Å². The summed E-state index contributed by atoms with van der Waals surface area (Å²) < 4.78 is 0. The fraction of sp³-hybridized carbons (Fsp3) is 0.364. The third-order valence-electron chi connectivity index (χ3n) is 2.43. The molecule has 1 fully saturated rings. The second kappa shape index (κ2) is 3.71. The Hall–Kier alpha value is -1.15. The first-order chi connectivity index (χ1) is 6.36. The average molecular weight is 175 g/mol. The Balaban J connectivity index is 2.13. The summed E-state index contributed by atoms with van der Waals surface area (Å²) in [5, 5.41) is 3.34. The van der Waals surface area contributed by atoms with Crippen molar-refractivity contribution in [3.8, 4) is 0 Å². The molecule has 1 unspecified atom stereocenters. The van der Waals surface area contributed by atoms with E-state index in [1.54, 1.807) is 0 Å². The number of carbonyl (C=O) groups excluding carboxylic acids is 1. The lowest BCUT2D eigenvalue weighted by atomic mass is 9.97. The average Bonchev–Trinajstić information content (AvgIpc) is 2.19. The molecule has 0 aromatic heterocycles. The molecular weight excluding hydrogens is 162 g/mol. The van der Waals surface area contributed by atoms with Crippen LogP contribution in [0.3, 0.4) is 0 Å². The summed E-state index contributed by atoms with van der Waals surface area (Å²) in [7, 11) is 0.